The predicted molar refractivity (Wildman–Crippen MR) is 76.0 cm³/mol. The Morgan fingerprint density at radius 1 is 1.47 bits per heavy atom. The van der Waals surface area contributed by atoms with E-state index in [1.165, 1.54) is 0 Å². The largest absolute Gasteiger partial charge is 0.444 e. The molecule has 1 saturated heterocycles. The van der Waals surface area contributed by atoms with Gasteiger partial charge in [-0.2, -0.15) is 0 Å². The van der Waals surface area contributed by atoms with E-state index in [0.717, 1.165) is 12.8 Å². The van der Waals surface area contributed by atoms with Gasteiger partial charge in [-0.25, -0.2) is 4.79 Å². The van der Waals surface area contributed by atoms with E-state index < -0.39 is 5.60 Å². The number of guanidine groups is 1. The van der Waals surface area contributed by atoms with Gasteiger partial charge in [-0.15, -0.1) is 0 Å². The molecule has 110 valence electrons. The number of likely N-dealkylation sites (tertiary alicyclic amines) is 1. The molecular formula is C12H23ClN4O2. The van der Waals surface area contributed by atoms with Crippen molar-refractivity contribution < 1.29 is 9.53 Å². The third-order valence-electron chi connectivity index (χ3n) is 2.88. The first kappa shape index (κ1) is 15.9. The second kappa shape index (κ2) is 6.84. The first-order valence-electron chi connectivity index (χ1n) is 6.46. The minimum absolute atomic E-state index is 0.233. The van der Waals surface area contributed by atoms with Crippen molar-refractivity contribution in [3.05, 3.63) is 0 Å². The Kier molecular flexibility index (Phi) is 5.72. The number of hydrogen-bond acceptors (Lipinski definition) is 3. The number of hydrogen-bond donors (Lipinski definition) is 2. The van der Waals surface area contributed by atoms with Crippen LogP contribution in [0.5, 0.6) is 0 Å². The first-order valence-corrected chi connectivity index (χ1v) is 6.84. The van der Waals surface area contributed by atoms with Crippen molar-refractivity contribution in [3.8, 4) is 0 Å². The van der Waals surface area contributed by atoms with Gasteiger partial charge in [0.25, 0.3) is 0 Å². The lowest BCUT2D eigenvalue weighted by molar-refractivity contribution is 0.0187. The molecule has 0 spiro atoms. The third kappa shape index (κ3) is 6.00. The highest BCUT2D eigenvalue weighted by Gasteiger charge is 2.26. The van der Waals surface area contributed by atoms with Crippen molar-refractivity contribution in [1.29, 1.82) is 0 Å². The molecule has 1 amide bonds. The molecule has 19 heavy (non-hydrogen) atoms. The number of carbonyl (C=O) groups excluding carboxylic acids is 1. The Labute approximate surface area is 119 Å². The van der Waals surface area contributed by atoms with Crippen LogP contribution < -0.4 is 10.6 Å². The number of aliphatic imine (C=N–C) groups is 1. The van der Waals surface area contributed by atoms with E-state index in [4.69, 9.17) is 22.2 Å². The van der Waals surface area contributed by atoms with Gasteiger partial charge in [0.1, 0.15) is 5.60 Å². The summed E-state index contributed by atoms with van der Waals surface area (Å²) in [4.78, 5) is 20.0. The number of carbonyl (C=O) groups is 1. The summed E-state index contributed by atoms with van der Waals surface area (Å²) in [6, 6.07) is 0. The third-order valence-corrected chi connectivity index (χ3v) is 3.08. The molecule has 0 aromatic heterocycles. The zero-order valence-electron chi connectivity index (χ0n) is 11.8. The fourth-order valence-corrected chi connectivity index (χ4v) is 1.94. The average Bonchev–Trinajstić information content (AvgIpc) is 2.34. The predicted octanol–water partition coefficient (Wildman–Crippen LogP) is 1.69. The minimum atomic E-state index is -0.446. The fraction of sp³-hybridized carbons (Fsp3) is 0.833. The summed E-state index contributed by atoms with van der Waals surface area (Å²) in [5.41, 5.74) is 5.01. The number of nitrogens with zero attached hydrogens (tertiary/aromatic N) is 2. The molecule has 0 bridgehead atoms. The molecule has 0 aliphatic carbocycles. The van der Waals surface area contributed by atoms with Gasteiger partial charge in [0.15, 0.2) is 0 Å². The first-order chi connectivity index (χ1) is 8.81. The molecule has 1 heterocycles. The number of rotatable bonds is 2. The van der Waals surface area contributed by atoms with Gasteiger partial charge in [-0.3, -0.25) is 9.83 Å². The van der Waals surface area contributed by atoms with Crippen molar-refractivity contribution in [1.82, 2.24) is 9.74 Å². The summed E-state index contributed by atoms with van der Waals surface area (Å²) >= 11 is 5.32. The zero-order valence-corrected chi connectivity index (χ0v) is 12.5. The highest BCUT2D eigenvalue weighted by molar-refractivity contribution is 6.21. The molecule has 0 unspecified atom stereocenters. The van der Waals surface area contributed by atoms with Gasteiger partial charge in [0.05, 0.1) is 0 Å². The van der Waals surface area contributed by atoms with Crippen LogP contribution in [0.4, 0.5) is 4.79 Å². The van der Waals surface area contributed by atoms with E-state index in [0.29, 0.717) is 25.6 Å². The summed E-state index contributed by atoms with van der Waals surface area (Å²) in [6.45, 7) is 7.64. The Morgan fingerprint density at radius 2 is 2.05 bits per heavy atom. The van der Waals surface area contributed by atoms with Crippen molar-refractivity contribution in [2.24, 2.45) is 16.6 Å². The summed E-state index contributed by atoms with van der Waals surface area (Å²) in [7, 11) is 0. The van der Waals surface area contributed by atoms with Crippen LogP contribution in [-0.2, 0) is 4.74 Å². The SMILES string of the molecule is CC(C)(C)OC(=O)N1CCC(CN=C(N)NCl)CC1. The average molecular weight is 291 g/mol. The van der Waals surface area contributed by atoms with E-state index in [-0.39, 0.29) is 12.1 Å². The van der Waals surface area contributed by atoms with Crippen LogP contribution in [0.15, 0.2) is 4.99 Å². The number of piperidine rings is 1. The molecule has 0 atom stereocenters. The van der Waals surface area contributed by atoms with Crippen LogP contribution >= 0.6 is 11.8 Å². The Balaban J connectivity index is 2.35. The normalized spacial score (nSPS) is 18.3. The van der Waals surface area contributed by atoms with Crippen molar-refractivity contribution in [2.45, 2.75) is 39.2 Å². The number of amides is 1. The minimum Gasteiger partial charge on any atom is -0.444 e. The van der Waals surface area contributed by atoms with Crippen LogP contribution in [0.3, 0.4) is 0 Å². The van der Waals surface area contributed by atoms with Gasteiger partial charge in [-0.1, -0.05) is 0 Å². The number of ether oxygens (including phenoxy) is 1. The quantitative estimate of drug-likeness (QED) is 0.461. The van der Waals surface area contributed by atoms with Crippen LogP contribution in [0.1, 0.15) is 33.6 Å². The smallest absolute Gasteiger partial charge is 0.410 e. The number of nitrogens with one attached hydrogen (secondary N) is 1. The summed E-state index contributed by atoms with van der Waals surface area (Å²) in [5, 5.41) is 0. The van der Waals surface area contributed by atoms with Crippen LogP contribution in [0.2, 0.25) is 0 Å². The van der Waals surface area contributed by atoms with Gasteiger partial charge in [-0.05, 0) is 39.5 Å². The number of nitrogens with two attached hydrogens (primary N) is 1. The highest BCUT2D eigenvalue weighted by Crippen LogP contribution is 2.19. The van der Waals surface area contributed by atoms with Gasteiger partial charge in [0, 0.05) is 31.4 Å². The summed E-state index contributed by atoms with van der Waals surface area (Å²) < 4.78 is 5.34. The molecule has 3 N–H and O–H groups in total. The summed E-state index contributed by atoms with van der Waals surface area (Å²) in [5.74, 6) is 0.665. The van der Waals surface area contributed by atoms with E-state index in [2.05, 4.69) is 9.83 Å². The van der Waals surface area contributed by atoms with Crippen LogP contribution in [0, 0.1) is 5.92 Å². The summed E-state index contributed by atoms with van der Waals surface area (Å²) in [6.07, 6.45) is 1.56. The van der Waals surface area contributed by atoms with Crippen LogP contribution in [-0.4, -0.2) is 42.2 Å². The molecule has 1 aliphatic heterocycles. The molecule has 0 aromatic carbocycles. The zero-order chi connectivity index (χ0) is 14.5. The molecule has 0 saturated carbocycles. The van der Waals surface area contributed by atoms with E-state index in [9.17, 15) is 4.79 Å². The van der Waals surface area contributed by atoms with Gasteiger partial charge < -0.3 is 15.4 Å². The van der Waals surface area contributed by atoms with E-state index in [1.54, 1.807) is 4.90 Å². The molecule has 0 radical (unpaired) electrons. The van der Waals surface area contributed by atoms with Gasteiger partial charge >= 0.3 is 6.09 Å². The molecule has 7 heteroatoms. The second-order valence-corrected chi connectivity index (χ2v) is 5.92. The lowest BCUT2D eigenvalue weighted by Crippen LogP contribution is -2.42. The Hall–Kier alpha value is -1.17. The molecular weight excluding hydrogens is 268 g/mol. The van der Waals surface area contributed by atoms with E-state index >= 15 is 0 Å². The molecule has 1 fully saturated rings. The number of halogens is 1. The van der Waals surface area contributed by atoms with Crippen LogP contribution in [0.25, 0.3) is 0 Å². The standard InChI is InChI=1S/C12H23ClN4O2/c1-12(2,3)19-11(18)17-6-4-9(5-7-17)8-15-10(14)16-13/h9H,4-8H2,1-3H3,(H3,14,15,16). The topological polar surface area (TPSA) is 80.0 Å². The lowest BCUT2D eigenvalue weighted by atomic mass is 9.97. The van der Waals surface area contributed by atoms with Crippen molar-refractivity contribution >= 4 is 23.8 Å². The highest BCUT2D eigenvalue weighted by atomic mass is 35.5. The molecule has 0 aromatic rings. The van der Waals surface area contributed by atoms with Crippen molar-refractivity contribution in [3.63, 3.8) is 0 Å². The lowest BCUT2D eigenvalue weighted by Gasteiger charge is -2.32. The maximum absolute atomic E-state index is 11.9. The molecule has 6 nitrogen and oxygen atoms in total. The molecule has 1 rings (SSSR count). The van der Waals surface area contributed by atoms with Crippen molar-refractivity contribution in [2.75, 3.05) is 19.6 Å². The Bertz CT molecular complexity index is 333. The molecule has 1 aliphatic rings. The van der Waals surface area contributed by atoms with Gasteiger partial charge in [0.2, 0.25) is 5.96 Å². The Morgan fingerprint density at radius 3 is 2.53 bits per heavy atom. The maximum atomic E-state index is 11.9. The fourth-order valence-electron chi connectivity index (χ4n) is 1.88. The monoisotopic (exact) mass is 290 g/mol. The van der Waals surface area contributed by atoms with E-state index in [1.807, 2.05) is 20.8 Å². The second-order valence-electron chi connectivity index (χ2n) is 5.73. The maximum Gasteiger partial charge on any atom is 0.410 e.